The van der Waals surface area contributed by atoms with Crippen molar-refractivity contribution in [1.29, 1.82) is 0 Å². The molecule has 0 radical (unpaired) electrons. The molecule has 0 N–H and O–H groups in total. The minimum Gasteiger partial charge on any atom is -0.413 e. The summed E-state index contributed by atoms with van der Waals surface area (Å²) in [5, 5.41) is 0.246. The molecule has 2 aliphatic rings. The van der Waals surface area contributed by atoms with Gasteiger partial charge in [0.25, 0.3) is 0 Å². The Balaban J connectivity index is 1.55. The van der Waals surface area contributed by atoms with Crippen LogP contribution in [-0.4, -0.2) is 33.2 Å². The quantitative estimate of drug-likeness (QED) is 0.571. The van der Waals surface area contributed by atoms with Crippen molar-refractivity contribution in [2.24, 2.45) is 5.92 Å². The van der Waals surface area contributed by atoms with Gasteiger partial charge in [0.15, 0.2) is 8.32 Å². The van der Waals surface area contributed by atoms with E-state index in [0.29, 0.717) is 30.8 Å². The van der Waals surface area contributed by atoms with E-state index in [2.05, 4.69) is 58.1 Å². The zero-order valence-corrected chi connectivity index (χ0v) is 16.0. The lowest BCUT2D eigenvalue weighted by molar-refractivity contribution is 0.0110. The largest absolute Gasteiger partial charge is 0.413 e. The fourth-order valence-corrected chi connectivity index (χ4v) is 4.50. The van der Waals surface area contributed by atoms with E-state index in [4.69, 9.17) is 13.9 Å². The Morgan fingerprint density at radius 2 is 1.87 bits per heavy atom. The Morgan fingerprint density at radius 1 is 1.17 bits per heavy atom. The molecule has 128 valence electrons. The van der Waals surface area contributed by atoms with Crippen LogP contribution in [0.4, 0.5) is 0 Å². The van der Waals surface area contributed by atoms with Gasteiger partial charge in [-0.2, -0.15) is 0 Å². The summed E-state index contributed by atoms with van der Waals surface area (Å²) in [5.41, 5.74) is 1.22. The van der Waals surface area contributed by atoms with Gasteiger partial charge in [-0.25, -0.2) is 0 Å². The lowest BCUT2D eigenvalue weighted by atomic mass is 10.1. The number of hydrogen-bond acceptors (Lipinski definition) is 3. The second-order valence-electron chi connectivity index (χ2n) is 8.46. The Kier molecular flexibility index (Phi) is 4.71. The first-order valence-corrected chi connectivity index (χ1v) is 11.6. The summed E-state index contributed by atoms with van der Waals surface area (Å²) in [7, 11) is -1.74. The van der Waals surface area contributed by atoms with Crippen LogP contribution in [0.25, 0.3) is 0 Å². The van der Waals surface area contributed by atoms with Gasteiger partial charge in [-0.05, 0) is 23.7 Å². The van der Waals surface area contributed by atoms with E-state index < -0.39 is 8.32 Å². The van der Waals surface area contributed by atoms with Gasteiger partial charge in [0, 0.05) is 12.3 Å². The van der Waals surface area contributed by atoms with Gasteiger partial charge in [0.05, 0.1) is 31.5 Å². The third kappa shape index (κ3) is 3.87. The van der Waals surface area contributed by atoms with Gasteiger partial charge in [-0.3, -0.25) is 0 Å². The van der Waals surface area contributed by atoms with Crippen molar-refractivity contribution in [3.05, 3.63) is 35.9 Å². The van der Waals surface area contributed by atoms with E-state index in [9.17, 15) is 0 Å². The lowest BCUT2D eigenvalue weighted by Gasteiger charge is -2.40. The van der Waals surface area contributed by atoms with Gasteiger partial charge >= 0.3 is 0 Å². The number of fused-ring (bicyclic) bond motifs is 1. The van der Waals surface area contributed by atoms with Crippen LogP contribution in [-0.2, 0) is 20.5 Å². The van der Waals surface area contributed by atoms with Crippen LogP contribution in [0.5, 0.6) is 0 Å². The van der Waals surface area contributed by atoms with E-state index in [1.165, 1.54) is 5.56 Å². The van der Waals surface area contributed by atoms with Crippen LogP contribution in [0.15, 0.2) is 30.3 Å². The minimum absolute atomic E-state index is 0.246. The summed E-state index contributed by atoms with van der Waals surface area (Å²) >= 11 is 0. The highest BCUT2D eigenvalue weighted by Crippen LogP contribution is 2.48. The molecule has 0 spiro atoms. The van der Waals surface area contributed by atoms with Crippen molar-refractivity contribution < 1.29 is 13.9 Å². The van der Waals surface area contributed by atoms with E-state index >= 15 is 0 Å². The molecule has 1 aliphatic carbocycles. The molecule has 0 aromatic heterocycles. The summed E-state index contributed by atoms with van der Waals surface area (Å²) in [6.45, 7) is 13.0. The molecule has 4 atom stereocenters. The first-order valence-electron chi connectivity index (χ1n) is 8.73. The molecule has 1 aromatic carbocycles. The van der Waals surface area contributed by atoms with E-state index in [1.54, 1.807) is 0 Å². The van der Waals surface area contributed by atoms with Crippen molar-refractivity contribution in [2.45, 2.75) is 70.2 Å². The van der Waals surface area contributed by atoms with E-state index in [0.717, 1.165) is 13.0 Å². The van der Waals surface area contributed by atoms with Crippen molar-refractivity contribution in [3.8, 4) is 0 Å². The molecule has 1 aromatic rings. The number of epoxide rings is 1. The third-order valence-corrected chi connectivity index (χ3v) is 10.2. The molecule has 4 unspecified atom stereocenters. The van der Waals surface area contributed by atoms with E-state index in [1.807, 2.05) is 6.07 Å². The lowest BCUT2D eigenvalue weighted by Crippen LogP contribution is -2.46. The average Bonchev–Trinajstić information content (AvgIpc) is 3.14. The molecule has 3 nitrogen and oxygen atoms in total. The summed E-state index contributed by atoms with van der Waals surface area (Å²) < 4.78 is 18.4. The molecular formula is C19H30O3Si. The highest BCUT2D eigenvalue weighted by molar-refractivity contribution is 6.74. The summed E-state index contributed by atoms with van der Waals surface area (Å²) in [6, 6.07) is 10.4. The molecule has 3 rings (SSSR count). The maximum absolute atomic E-state index is 6.66. The van der Waals surface area contributed by atoms with Gasteiger partial charge in [-0.15, -0.1) is 0 Å². The zero-order chi connectivity index (χ0) is 16.7. The monoisotopic (exact) mass is 334 g/mol. The maximum atomic E-state index is 6.66. The van der Waals surface area contributed by atoms with Gasteiger partial charge in [-0.1, -0.05) is 51.1 Å². The van der Waals surface area contributed by atoms with Gasteiger partial charge in [0.2, 0.25) is 0 Å². The number of hydrogen-bond donors (Lipinski definition) is 0. The molecule has 23 heavy (non-hydrogen) atoms. The predicted molar refractivity (Wildman–Crippen MR) is 94.9 cm³/mol. The fraction of sp³-hybridized carbons (Fsp3) is 0.684. The molecular weight excluding hydrogens is 304 g/mol. The average molecular weight is 335 g/mol. The second kappa shape index (κ2) is 6.32. The topological polar surface area (TPSA) is 31.0 Å². The number of benzene rings is 1. The summed E-state index contributed by atoms with van der Waals surface area (Å²) in [6.07, 6.45) is 2.11. The highest BCUT2D eigenvalue weighted by atomic mass is 28.4. The standard InChI is InChI=1S/C19H30O3Si/c1-19(2,3)23(4,5)22-16-11-17-18(21-17)15(16)13-20-12-14-9-7-6-8-10-14/h6-10,15-18H,11-13H2,1-5H3. The van der Waals surface area contributed by atoms with Crippen molar-refractivity contribution in [3.63, 3.8) is 0 Å². The van der Waals surface area contributed by atoms with Crippen LogP contribution in [0, 0.1) is 5.92 Å². The Hall–Kier alpha value is -0.683. The SMILES string of the molecule is CC(C)(C)[Si](C)(C)OC1CC2OC2C1COCc1ccccc1. The molecule has 2 fully saturated rings. The molecule has 1 aliphatic heterocycles. The Bertz CT molecular complexity index is 523. The van der Waals surface area contributed by atoms with Gasteiger partial charge < -0.3 is 13.9 Å². The fourth-order valence-electron chi connectivity index (χ4n) is 3.12. The Morgan fingerprint density at radius 3 is 2.52 bits per heavy atom. The highest BCUT2D eigenvalue weighted by Gasteiger charge is 2.57. The second-order valence-corrected chi connectivity index (χ2v) is 13.2. The number of ether oxygens (including phenoxy) is 2. The summed E-state index contributed by atoms with van der Waals surface area (Å²) in [4.78, 5) is 0. The van der Waals surface area contributed by atoms with Crippen LogP contribution >= 0.6 is 0 Å². The van der Waals surface area contributed by atoms with Crippen LogP contribution in [0.3, 0.4) is 0 Å². The maximum Gasteiger partial charge on any atom is 0.192 e. The smallest absolute Gasteiger partial charge is 0.192 e. The van der Waals surface area contributed by atoms with Crippen LogP contribution in [0.1, 0.15) is 32.8 Å². The van der Waals surface area contributed by atoms with Crippen LogP contribution in [0.2, 0.25) is 18.1 Å². The van der Waals surface area contributed by atoms with Crippen molar-refractivity contribution >= 4 is 8.32 Å². The molecule has 4 heteroatoms. The third-order valence-electron chi connectivity index (χ3n) is 5.66. The zero-order valence-electron chi connectivity index (χ0n) is 15.0. The predicted octanol–water partition coefficient (Wildman–Crippen LogP) is 4.38. The number of rotatable bonds is 6. The minimum atomic E-state index is -1.74. The molecule has 1 heterocycles. The van der Waals surface area contributed by atoms with Crippen molar-refractivity contribution in [2.75, 3.05) is 6.61 Å². The first kappa shape index (κ1) is 17.2. The van der Waals surface area contributed by atoms with Gasteiger partial charge in [0.1, 0.15) is 0 Å². The molecule has 0 bridgehead atoms. The van der Waals surface area contributed by atoms with Crippen LogP contribution < -0.4 is 0 Å². The van der Waals surface area contributed by atoms with E-state index in [-0.39, 0.29) is 5.04 Å². The molecule has 0 amide bonds. The normalized spacial score (nSPS) is 30.3. The first-order chi connectivity index (χ1) is 10.8. The molecule has 1 saturated heterocycles. The summed E-state index contributed by atoms with van der Waals surface area (Å²) in [5.74, 6) is 0.387. The molecule has 1 saturated carbocycles. The van der Waals surface area contributed by atoms with Crippen molar-refractivity contribution in [1.82, 2.24) is 0 Å². The Labute approximate surface area is 141 Å².